The van der Waals surface area contributed by atoms with Crippen LogP contribution in [0.15, 0.2) is 65.7 Å². The molecular weight excluding hydrogens is 458 g/mol. The molecule has 172 valence electrons. The normalized spacial score (nSPS) is 11.5. The number of carbonyl (C=O) groups is 1. The van der Waals surface area contributed by atoms with Crippen molar-refractivity contribution in [3.05, 3.63) is 65.7 Å². The number of amides is 1. The van der Waals surface area contributed by atoms with Gasteiger partial charge in [-0.1, -0.05) is 26.0 Å². The summed E-state index contributed by atoms with van der Waals surface area (Å²) in [6, 6.07) is 12.1. The number of nitrogens with one attached hydrogen (secondary N) is 3. The lowest BCUT2D eigenvalue weighted by molar-refractivity contribution is -0.118. The Balaban J connectivity index is 1.41. The van der Waals surface area contributed by atoms with Gasteiger partial charge in [-0.25, -0.2) is 9.97 Å². The number of hydrogen-bond acceptors (Lipinski definition) is 6. The molecule has 0 atom stereocenters. The number of imidazole rings is 1. The van der Waals surface area contributed by atoms with E-state index >= 15 is 0 Å². The molecule has 8 nitrogen and oxygen atoms in total. The number of thiophene rings is 1. The molecule has 3 N–H and O–H groups in total. The fraction of sp³-hybridized carbons (Fsp3) is 0.115. The Labute approximate surface area is 204 Å². The number of para-hydroxylation sites is 1. The van der Waals surface area contributed by atoms with Gasteiger partial charge in [0.05, 0.1) is 28.3 Å². The van der Waals surface area contributed by atoms with Crippen molar-refractivity contribution < 1.29 is 4.79 Å². The molecule has 0 unspecified atom stereocenters. The Kier molecular flexibility index (Phi) is 5.11. The van der Waals surface area contributed by atoms with Crippen LogP contribution in [-0.4, -0.2) is 36.0 Å². The molecule has 0 radical (unpaired) electrons. The Morgan fingerprint density at radius 2 is 1.94 bits per heavy atom. The molecule has 5 heterocycles. The lowest BCUT2D eigenvalue weighted by Gasteiger charge is -2.09. The zero-order valence-corrected chi connectivity index (χ0v) is 19.9. The van der Waals surface area contributed by atoms with E-state index in [-0.39, 0.29) is 11.8 Å². The van der Waals surface area contributed by atoms with Crippen LogP contribution in [0.3, 0.4) is 0 Å². The highest BCUT2D eigenvalue weighted by atomic mass is 32.1. The highest BCUT2D eigenvalue weighted by Crippen LogP contribution is 2.33. The van der Waals surface area contributed by atoms with Crippen LogP contribution < -0.4 is 5.32 Å². The highest BCUT2D eigenvalue weighted by molar-refractivity contribution is 7.08. The first-order valence-electron chi connectivity index (χ1n) is 11.2. The number of nitrogens with zero attached hydrogens (tertiary/aromatic N) is 4. The number of carbonyl (C=O) groups excluding carboxylic acids is 1. The molecule has 0 saturated carbocycles. The van der Waals surface area contributed by atoms with Crippen molar-refractivity contribution in [1.82, 2.24) is 30.1 Å². The summed E-state index contributed by atoms with van der Waals surface area (Å²) in [6.07, 6.45) is 5.16. The zero-order valence-electron chi connectivity index (χ0n) is 19.0. The van der Waals surface area contributed by atoms with Crippen LogP contribution in [0, 0.1) is 5.92 Å². The van der Waals surface area contributed by atoms with Gasteiger partial charge in [-0.3, -0.25) is 14.9 Å². The van der Waals surface area contributed by atoms with Gasteiger partial charge in [0, 0.05) is 35.0 Å². The zero-order chi connectivity index (χ0) is 23.9. The predicted molar refractivity (Wildman–Crippen MR) is 139 cm³/mol. The molecule has 1 aromatic carbocycles. The van der Waals surface area contributed by atoms with E-state index in [1.807, 2.05) is 38.1 Å². The molecule has 0 spiro atoms. The number of aromatic nitrogens is 6. The number of aromatic amines is 2. The number of rotatable bonds is 5. The summed E-state index contributed by atoms with van der Waals surface area (Å²) in [5.74, 6) is 0.500. The Morgan fingerprint density at radius 1 is 1.06 bits per heavy atom. The molecular formula is C26H21N7OS. The van der Waals surface area contributed by atoms with Gasteiger partial charge >= 0.3 is 0 Å². The van der Waals surface area contributed by atoms with E-state index in [0.717, 1.165) is 38.7 Å². The van der Waals surface area contributed by atoms with Gasteiger partial charge in [-0.05, 0) is 40.6 Å². The molecule has 9 heteroatoms. The standard InChI is InChI=1S/C26H21N7OS/c1-14(2)26(34)29-18-8-16(10-27-12-18)17-9-20-23(32-33-24(20)28-11-17)25-30-21-5-3-4-19(22(21)31-25)15-6-7-35-13-15/h3-14H,1-2H3,(H,29,34)(H,30,31)(H,28,32,33). The third kappa shape index (κ3) is 3.85. The molecule has 6 rings (SSSR count). The first-order valence-corrected chi connectivity index (χ1v) is 12.1. The molecule has 6 aromatic rings. The van der Waals surface area contributed by atoms with Crippen molar-refractivity contribution in [2.24, 2.45) is 5.92 Å². The van der Waals surface area contributed by atoms with E-state index in [1.54, 1.807) is 29.9 Å². The van der Waals surface area contributed by atoms with Crippen LogP contribution in [0.5, 0.6) is 0 Å². The first-order chi connectivity index (χ1) is 17.1. The topological polar surface area (TPSA) is 112 Å². The van der Waals surface area contributed by atoms with Crippen molar-refractivity contribution >= 4 is 45.0 Å². The average Bonchev–Trinajstić information content (AvgIpc) is 3.62. The molecule has 0 aliphatic carbocycles. The Hall–Kier alpha value is -4.37. The van der Waals surface area contributed by atoms with E-state index in [4.69, 9.17) is 4.98 Å². The second-order valence-electron chi connectivity index (χ2n) is 8.60. The van der Waals surface area contributed by atoms with Crippen molar-refractivity contribution in [3.8, 4) is 33.8 Å². The van der Waals surface area contributed by atoms with Crippen LogP contribution >= 0.6 is 11.3 Å². The number of hydrogen-bond donors (Lipinski definition) is 3. The summed E-state index contributed by atoms with van der Waals surface area (Å²) in [7, 11) is 0. The number of benzene rings is 1. The minimum absolute atomic E-state index is 0.0543. The molecule has 0 aliphatic rings. The quantitative estimate of drug-likeness (QED) is 0.286. The fourth-order valence-corrected chi connectivity index (χ4v) is 4.65. The SMILES string of the molecule is CC(C)C(=O)Nc1cncc(-c2cnc3[nH]nc(-c4nc5c(-c6ccsc6)cccc5[nH]4)c3c2)c1. The lowest BCUT2D eigenvalue weighted by Crippen LogP contribution is -2.17. The van der Waals surface area contributed by atoms with E-state index < -0.39 is 0 Å². The van der Waals surface area contributed by atoms with Crippen LogP contribution in [-0.2, 0) is 4.79 Å². The second-order valence-corrected chi connectivity index (χ2v) is 9.38. The number of pyridine rings is 2. The van der Waals surface area contributed by atoms with Gasteiger partial charge in [-0.2, -0.15) is 16.4 Å². The first kappa shape index (κ1) is 21.2. The number of H-pyrrole nitrogens is 2. The molecule has 0 bridgehead atoms. The Morgan fingerprint density at radius 3 is 2.77 bits per heavy atom. The monoisotopic (exact) mass is 479 g/mol. The van der Waals surface area contributed by atoms with Crippen molar-refractivity contribution in [1.29, 1.82) is 0 Å². The van der Waals surface area contributed by atoms with E-state index in [1.165, 1.54) is 0 Å². The molecule has 0 aliphatic heterocycles. The minimum atomic E-state index is -0.116. The van der Waals surface area contributed by atoms with Crippen LogP contribution in [0.4, 0.5) is 5.69 Å². The van der Waals surface area contributed by atoms with Crippen LogP contribution in [0.2, 0.25) is 0 Å². The van der Waals surface area contributed by atoms with Gasteiger partial charge in [0.15, 0.2) is 11.5 Å². The van der Waals surface area contributed by atoms with Crippen molar-refractivity contribution in [3.63, 3.8) is 0 Å². The fourth-order valence-electron chi connectivity index (χ4n) is 3.99. The predicted octanol–water partition coefficient (Wildman–Crippen LogP) is 5.89. The summed E-state index contributed by atoms with van der Waals surface area (Å²) in [5.41, 5.74) is 7.79. The van der Waals surface area contributed by atoms with E-state index in [0.29, 0.717) is 22.9 Å². The maximum atomic E-state index is 12.1. The molecule has 1 amide bonds. The average molecular weight is 480 g/mol. The summed E-state index contributed by atoms with van der Waals surface area (Å²) in [6.45, 7) is 3.71. The smallest absolute Gasteiger partial charge is 0.226 e. The van der Waals surface area contributed by atoms with Crippen LogP contribution in [0.25, 0.3) is 55.8 Å². The minimum Gasteiger partial charge on any atom is -0.337 e. The molecule has 0 fully saturated rings. The number of anilines is 1. The second kappa shape index (κ2) is 8.44. The maximum absolute atomic E-state index is 12.1. The summed E-state index contributed by atoms with van der Waals surface area (Å²) in [5, 5.41) is 15.4. The molecule has 0 saturated heterocycles. The third-order valence-corrected chi connectivity index (χ3v) is 6.53. The van der Waals surface area contributed by atoms with Gasteiger partial charge in [-0.15, -0.1) is 0 Å². The van der Waals surface area contributed by atoms with Gasteiger partial charge in [0.1, 0.15) is 5.69 Å². The van der Waals surface area contributed by atoms with Crippen molar-refractivity contribution in [2.75, 3.05) is 5.32 Å². The van der Waals surface area contributed by atoms with Gasteiger partial charge in [0.2, 0.25) is 5.91 Å². The van der Waals surface area contributed by atoms with E-state index in [2.05, 4.69) is 53.4 Å². The van der Waals surface area contributed by atoms with Gasteiger partial charge < -0.3 is 10.3 Å². The molecule has 5 aromatic heterocycles. The number of fused-ring (bicyclic) bond motifs is 2. The van der Waals surface area contributed by atoms with E-state index in [9.17, 15) is 4.79 Å². The van der Waals surface area contributed by atoms with Crippen LogP contribution in [0.1, 0.15) is 13.8 Å². The highest BCUT2D eigenvalue weighted by Gasteiger charge is 2.17. The Bertz CT molecular complexity index is 1680. The summed E-state index contributed by atoms with van der Waals surface area (Å²) < 4.78 is 0. The molecule has 35 heavy (non-hydrogen) atoms. The summed E-state index contributed by atoms with van der Waals surface area (Å²) in [4.78, 5) is 29.3. The largest absolute Gasteiger partial charge is 0.337 e. The third-order valence-electron chi connectivity index (χ3n) is 5.85. The summed E-state index contributed by atoms with van der Waals surface area (Å²) >= 11 is 1.66. The lowest BCUT2D eigenvalue weighted by atomic mass is 10.1. The van der Waals surface area contributed by atoms with Gasteiger partial charge in [0.25, 0.3) is 0 Å². The van der Waals surface area contributed by atoms with Crippen molar-refractivity contribution in [2.45, 2.75) is 13.8 Å². The maximum Gasteiger partial charge on any atom is 0.226 e.